The first-order valence-corrected chi connectivity index (χ1v) is 21.1. The van der Waals surface area contributed by atoms with E-state index in [1.165, 1.54) is 60.5 Å². The summed E-state index contributed by atoms with van der Waals surface area (Å²) in [4.78, 5) is 2.54. The summed E-state index contributed by atoms with van der Waals surface area (Å²) in [5.74, 6) is 0. The standard InChI is InChI=1S/C58H40N2O/c1-2-20-44-39(16-1)17-14-26-45(44)41-18-13-19-43(38-41)59(54-30-9-6-24-49(54)51-27-15-28-52-50-25-7-12-33-57(50)61-58(51)52)42-36-34-40(35-37-42)46-21-3-8-29-53(46)60-55-31-10-4-22-47(55)48-23-5-11-32-56(48)60/h1-36,38,42H,37H2. The number of fused-ring (bicyclic) bond motifs is 7. The summed E-state index contributed by atoms with van der Waals surface area (Å²) < 4.78 is 9.09. The highest BCUT2D eigenvalue weighted by Gasteiger charge is 2.26. The highest BCUT2D eigenvalue weighted by Crippen LogP contribution is 2.45. The number of allylic oxidation sites excluding steroid dienone is 2. The van der Waals surface area contributed by atoms with Crippen LogP contribution in [0, 0.1) is 0 Å². The van der Waals surface area contributed by atoms with Gasteiger partial charge in [-0.15, -0.1) is 0 Å². The van der Waals surface area contributed by atoms with E-state index in [-0.39, 0.29) is 6.04 Å². The topological polar surface area (TPSA) is 21.3 Å². The SMILES string of the molecule is C1=CC(N(c2cccc(-c3cccc4ccccc34)c2)c2ccccc2-c2cccc3c2oc2ccccc23)CC=C1c1ccccc1-n1c2ccccc2c2ccccc21. The van der Waals surface area contributed by atoms with Gasteiger partial charge in [-0.05, 0) is 76.4 Å². The van der Waals surface area contributed by atoms with Gasteiger partial charge in [-0.1, -0.05) is 182 Å². The highest BCUT2D eigenvalue weighted by atomic mass is 16.3. The first kappa shape index (κ1) is 35.1. The highest BCUT2D eigenvalue weighted by molar-refractivity contribution is 6.11. The number of rotatable bonds is 7. The summed E-state index contributed by atoms with van der Waals surface area (Å²) in [6.07, 6.45) is 7.99. The molecule has 1 aliphatic carbocycles. The number of aromatic nitrogens is 1. The van der Waals surface area contributed by atoms with Gasteiger partial charge < -0.3 is 13.9 Å². The zero-order valence-electron chi connectivity index (χ0n) is 33.4. The van der Waals surface area contributed by atoms with Gasteiger partial charge >= 0.3 is 0 Å². The van der Waals surface area contributed by atoms with Gasteiger partial charge in [0.15, 0.2) is 0 Å². The Hall–Kier alpha value is -7.88. The molecule has 3 heteroatoms. The molecule has 1 atom stereocenters. The maximum Gasteiger partial charge on any atom is 0.143 e. The van der Waals surface area contributed by atoms with E-state index in [0.717, 1.165) is 50.9 Å². The average molecular weight is 781 g/mol. The molecule has 2 heterocycles. The smallest absolute Gasteiger partial charge is 0.143 e. The molecule has 9 aromatic carbocycles. The second kappa shape index (κ2) is 14.4. The van der Waals surface area contributed by atoms with Gasteiger partial charge in [-0.25, -0.2) is 0 Å². The lowest BCUT2D eigenvalue weighted by Crippen LogP contribution is -2.30. The molecule has 0 saturated heterocycles. The van der Waals surface area contributed by atoms with Crippen LogP contribution in [0.4, 0.5) is 11.4 Å². The summed E-state index contributed by atoms with van der Waals surface area (Å²) in [5, 5.41) is 7.27. The Morgan fingerprint density at radius 1 is 0.475 bits per heavy atom. The molecule has 288 valence electrons. The molecule has 61 heavy (non-hydrogen) atoms. The molecular weight excluding hydrogens is 741 g/mol. The molecule has 0 N–H and O–H groups in total. The fraction of sp³-hybridized carbons (Fsp3) is 0.0345. The van der Waals surface area contributed by atoms with Crippen molar-refractivity contribution >= 4 is 71.5 Å². The molecule has 0 amide bonds. The van der Waals surface area contributed by atoms with Crippen LogP contribution < -0.4 is 4.90 Å². The second-order valence-electron chi connectivity index (χ2n) is 16.0. The Bertz CT molecular complexity index is 3490. The zero-order valence-corrected chi connectivity index (χ0v) is 33.4. The molecule has 0 aliphatic heterocycles. The maximum absolute atomic E-state index is 6.66. The fourth-order valence-electron chi connectivity index (χ4n) is 9.78. The van der Waals surface area contributed by atoms with Gasteiger partial charge in [0, 0.05) is 49.6 Å². The second-order valence-corrected chi connectivity index (χ2v) is 16.0. The average Bonchev–Trinajstić information content (AvgIpc) is 3.88. The number of hydrogen-bond donors (Lipinski definition) is 0. The molecule has 0 spiro atoms. The summed E-state index contributed by atoms with van der Waals surface area (Å²) in [7, 11) is 0. The third-order valence-corrected chi connectivity index (χ3v) is 12.5. The lowest BCUT2D eigenvalue weighted by Gasteiger charge is -2.35. The predicted octanol–water partition coefficient (Wildman–Crippen LogP) is 15.7. The number of nitrogens with zero attached hydrogens (tertiary/aromatic N) is 2. The third-order valence-electron chi connectivity index (χ3n) is 12.5. The first-order valence-electron chi connectivity index (χ1n) is 21.1. The molecule has 11 aromatic rings. The van der Waals surface area contributed by atoms with E-state index in [1.54, 1.807) is 0 Å². The van der Waals surface area contributed by atoms with Crippen molar-refractivity contribution in [3.05, 3.63) is 230 Å². The van der Waals surface area contributed by atoms with Gasteiger partial charge in [0.25, 0.3) is 0 Å². The Kier molecular flexibility index (Phi) is 8.31. The lowest BCUT2D eigenvalue weighted by atomic mass is 9.92. The van der Waals surface area contributed by atoms with E-state index in [4.69, 9.17) is 4.42 Å². The van der Waals surface area contributed by atoms with Crippen LogP contribution in [0.25, 0.3) is 88.0 Å². The van der Waals surface area contributed by atoms with Crippen LogP contribution in [0.5, 0.6) is 0 Å². The van der Waals surface area contributed by atoms with Crippen molar-refractivity contribution in [3.8, 4) is 27.9 Å². The van der Waals surface area contributed by atoms with Gasteiger partial charge in [0.2, 0.25) is 0 Å². The van der Waals surface area contributed by atoms with E-state index in [9.17, 15) is 0 Å². The molecule has 2 aromatic heterocycles. The van der Waals surface area contributed by atoms with Gasteiger partial charge in [0.05, 0.1) is 22.8 Å². The van der Waals surface area contributed by atoms with Crippen LogP contribution in [0.2, 0.25) is 0 Å². The van der Waals surface area contributed by atoms with Crippen LogP contribution in [-0.4, -0.2) is 10.6 Å². The Labute approximate surface area is 354 Å². The third kappa shape index (κ3) is 5.81. The van der Waals surface area contributed by atoms with Gasteiger partial charge in [-0.3, -0.25) is 0 Å². The minimum atomic E-state index is 0.0305. The summed E-state index contributed by atoms with van der Waals surface area (Å²) in [5.41, 5.74) is 14.7. The van der Waals surface area contributed by atoms with Crippen molar-refractivity contribution < 1.29 is 4.42 Å². The van der Waals surface area contributed by atoms with Crippen molar-refractivity contribution in [1.82, 2.24) is 4.57 Å². The van der Waals surface area contributed by atoms with Gasteiger partial charge in [-0.2, -0.15) is 0 Å². The molecular formula is C58H40N2O. The van der Waals surface area contributed by atoms with Gasteiger partial charge in [0.1, 0.15) is 11.2 Å². The van der Waals surface area contributed by atoms with E-state index in [1.807, 2.05) is 6.07 Å². The van der Waals surface area contributed by atoms with Crippen molar-refractivity contribution in [2.45, 2.75) is 12.5 Å². The van der Waals surface area contributed by atoms with E-state index >= 15 is 0 Å². The summed E-state index contributed by atoms with van der Waals surface area (Å²) >= 11 is 0. The van der Waals surface area contributed by atoms with Crippen LogP contribution in [0.3, 0.4) is 0 Å². The normalized spacial score (nSPS) is 14.0. The van der Waals surface area contributed by atoms with Crippen molar-refractivity contribution in [2.24, 2.45) is 0 Å². The van der Waals surface area contributed by atoms with Crippen LogP contribution in [-0.2, 0) is 0 Å². The predicted molar refractivity (Wildman–Crippen MR) is 257 cm³/mol. The van der Waals surface area contributed by atoms with Crippen molar-refractivity contribution in [2.75, 3.05) is 4.90 Å². The Morgan fingerprint density at radius 3 is 1.90 bits per heavy atom. The maximum atomic E-state index is 6.66. The van der Waals surface area contributed by atoms with E-state index in [0.29, 0.717) is 0 Å². The lowest BCUT2D eigenvalue weighted by molar-refractivity contribution is 0.670. The molecule has 0 saturated carbocycles. The minimum absolute atomic E-state index is 0.0305. The van der Waals surface area contributed by atoms with Crippen LogP contribution in [0.1, 0.15) is 12.0 Å². The van der Waals surface area contributed by atoms with Crippen molar-refractivity contribution in [3.63, 3.8) is 0 Å². The Balaban J connectivity index is 1.00. The number of hydrogen-bond acceptors (Lipinski definition) is 2. The molecule has 12 rings (SSSR count). The largest absolute Gasteiger partial charge is 0.455 e. The summed E-state index contributed by atoms with van der Waals surface area (Å²) in [6.45, 7) is 0. The monoisotopic (exact) mass is 780 g/mol. The molecule has 3 nitrogen and oxygen atoms in total. The summed E-state index contributed by atoms with van der Waals surface area (Å²) in [6, 6.07) is 74.4. The number of furan rings is 1. The van der Waals surface area contributed by atoms with Crippen molar-refractivity contribution in [1.29, 1.82) is 0 Å². The van der Waals surface area contributed by atoms with Crippen LogP contribution >= 0.6 is 0 Å². The molecule has 1 unspecified atom stereocenters. The van der Waals surface area contributed by atoms with E-state index < -0.39 is 0 Å². The minimum Gasteiger partial charge on any atom is -0.455 e. The fourth-order valence-corrected chi connectivity index (χ4v) is 9.78. The number of para-hydroxylation sites is 6. The molecule has 1 aliphatic rings. The molecule has 0 radical (unpaired) electrons. The zero-order chi connectivity index (χ0) is 40.3. The first-order chi connectivity index (χ1) is 30.3. The molecule has 0 bridgehead atoms. The quantitative estimate of drug-likeness (QED) is 0.161. The van der Waals surface area contributed by atoms with E-state index in [2.05, 4.69) is 228 Å². The number of benzene rings is 9. The number of anilines is 2. The van der Waals surface area contributed by atoms with Crippen LogP contribution in [0.15, 0.2) is 229 Å². The molecule has 0 fully saturated rings. The Morgan fingerprint density at radius 2 is 1.08 bits per heavy atom.